The van der Waals surface area contributed by atoms with Crippen LogP contribution in [0.3, 0.4) is 0 Å². The number of carbonyl (C=O) groups is 1. The number of aromatic nitrogens is 2. The maximum absolute atomic E-state index is 10.7. The minimum Gasteiger partial charge on any atom is -0.477 e. The fourth-order valence-electron chi connectivity index (χ4n) is 1.11. The van der Waals surface area contributed by atoms with E-state index in [4.69, 9.17) is 16.7 Å². The van der Waals surface area contributed by atoms with E-state index in [0.29, 0.717) is 21.2 Å². The molecule has 0 atom stereocenters. The van der Waals surface area contributed by atoms with Gasteiger partial charge in [0.05, 0.1) is 10.2 Å². The van der Waals surface area contributed by atoms with Gasteiger partial charge >= 0.3 is 5.97 Å². The van der Waals surface area contributed by atoms with Gasteiger partial charge in [-0.25, -0.2) is 14.8 Å². The molecule has 0 saturated heterocycles. The van der Waals surface area contributed by atoms with Crippen molar-refractivity contribution in [3.63, 3.8) is 0 Å². The van der Waals surface area contributed by atoms with Crippen molar-refractivity contribution in [2.75, 3.05) is 0 Å². The van der Waals surface area contributed by atoms with E-state index in [1.165, 1.54) is 6.07 Å². The Bertz CT molecular complexity index is 523. The largest absolute Gasteiger partial charge is 0.477 e. The standard InChI is InChI=1S/C8H5ClN2O2S/c1-3-10-4-2-5(8(12)13)14-6(4)7(9)11-3/h2H,1H3,(H,12,13). The van der Waals surface area contributed by atoms with E-state index in [9.17, 15) is 4.79 Å². The molecule has 2 heterocycles. The predicted molar refractivity (Wildman–Crippen MR) is 54.1 cm³/mol. The van der Waals surface area contributed by atoms with Crippen LogP contribution in [0.4, 0.5) is 0 Å². The van der Waals surface area contributed by atoms with E-state index in [0.717, 1.165) is 11.3 Å². The summed E-state index contributed by atoms with van der Waals surface area (Å²) in [6.45, 7) is 1.71. The first kappa shape index (κ1) is 9.36. The van der Waals surface area contributed by atoms with Crippen molar-refractivity contribution in [1.82, 2.24) is 9.97 Å². The third-order valence-electron chi connectivity index (χ3n) is 1.65. The summed E-state index contributed by atoms with van der Waals surface area (Å²) >= 11 is 6.93. The molecule has 0 fully saturated rings. The number of carboxylic acids is 1. The summed E-state index contributed by atoms with van der Waals surface area (Å²) in [7, 11) is 0. The maximum atomic E-state index is 10.7. The van der Waals surface area contributed by atoms with Gasteiger partial charge in [0.25, 0.3) is 0 Å². The average molecular weight is 229 g/mol. The van der Waals surface area contributed by atoms with Crippen molar-refractivity contribution in [1.29, 1.82) is 0 Å². The summed E-state index contributed by atoms with van der Waals surface area (Å²) in [5, 5.41) is 9.08. The lowest BCUT2D eigenvalue weighted by Crippen LogP contribution is -1.89. The van der Waals surface area contributed by atoms with Gasteiger partial charge < -0.3 is 5.11 Å². The molecule has 4 nitrogen and oxygen atoms in total. The zero-order valence-corrected chi connectivity index (χ0v) is 8.69. The number of hydrogen-bond acceptors (Lipinski definition) is 4. The molecule has 0 bridgehead atoms. The summed E-state index contributed by atoms with van der Waals surface area (Å²) in [6, 6.07) is 1.50. The number of thiophene rings is 1. The third-order valence-corrected chi connectivity index (χ3v) is 3.16. The summed E-state index contributed by atoms with van der Waals surface area (Å²) < 4.78 is 0.620. The first-order valence-electron chi connectivity index (χ1n) is 3.75. The average Bonchev–Trinajstić information content (AvgIpc) is 2.47. The normalized spacial score (nSPS) is 10.7. The molecule has 72 valence electrons. The van der Waals surface area contributed by atoms with Crippen LogP contribution in [0.15, 0.2) is 6.07 Å². The van der Waals surface area contributed by atoms with Crippen LogP contribution in [0, 0.1) is 6.92 Å². The molecule has 1 N–H and O–H groups in total. The number of halogens is 1. The number of rotatable bonds is 1. The molecule has 0 aromatic carbocycles. The van der Waals surface area contributed by atoms with Gasteiger partial charge in [-0.1, -0.05) is 11.6 Å². The summed E-state index contributed by atoms with van der Waals surface area (Å²) in [4.78, 5) is 18.9. The molecular weight excluding hydrogens is 224 g/mol. The smallest absolute Gasteiger partial charge is 0.345 e. The topological polar surface area (TPSA) is 63.1 Å². The maximum Gasteiger partial charge on any atom is 0.345 e. The second kappa shape index (κ2) is 3.18. The zero-order chi connectivity index (χ0) is 10.3. The zero-order valence-electron chi connectivity index (χ0n) is 7.11. The second-order valence-corrected chi connectivity index (χ2v) is 4.10. The lowest BCUT2D eigenvalue weighted by Gasteiger charge is -1.93. The van der Waals surface area contributed by atoms with Crippen LogP contribution < -0.4 is 0 Å². The fraction of sp³-hybridized carbons (Fsp3) is 0.125. The van der Waals surface area contributed by atoms with Crippen LogP contribution in [0.2, 0.25) is 5.15 Å². The fourth-order valence-corrected chi connectivity index (χ4v) is 2.26. The summed E-state index contributed by atoms with van der Waals surface area (Å²) in [5.41, 5.74) is 0.588. The Balaban J connectivity index is 2.76. The molecule has 2 aromatic rings. The number of fused-ring (bicyclic) bond motifs is 1. The van der Waals surface area contributed by atoms with Gasteiger partial charge in [0.15, 0.2) is 5.15 Å². The Labute approximate surface area is 88.2 Å². The van der Waals surface area contributed by atoms with Gasteiger partial charge in [0.1, 0.15) is 10.7 Å². The van der Waals surface area contributed by atoms with Gasteiger partial charge in [-0.05, 0) is 13.0 Å². The van der Waals surface area contributed by atoms with Gasteiger partial charge in [-0.15, -0.1) is 11.3 Å². The Morgan fingerprint density at radius 2 is 2.29 bits per heavy atom. The molecule has 0 aliphatic carbocycles. The molecule has 14 heavy (non-hydrogen) atoms. The predicted octanol–water partition coefficient (Wildman–Crippen LogP) is 2.35. The van der Waals surface area contributed by atoms with E-state index < -0.39 is 5.97 Å². The summed E-state index contributed by atoms with van der Waals surface area (Å²) in [6.07, 6.45) is 0. The van der Waals surface area contributed by atoms with E-state index in [1.807, 2.05) is 0 Å². The first-order valence-corrected chi connectivity index (χ1v) is 4.94. The van der Waals surface area contributed by atoms with Crippen LogP contribution in [0.25, 0.3) is 10.2 Å². The van der Waals surface area contributed by atoms with Gasteiger partial charge in [0.2, 0.25) is 0 Å². The van der Waals surface area contributed by atoms with Crippen molar-refractivity contribution in [2.24, 2.45) is 0 Å². The Morgan fingerprint density at radius 3 is 2.93 bits per heavy atom. The minimum atomic E-state index is -0.971. The van der Waals surface area contributed by atoms with Crippen LogP contribution >= 0.6 is 22.9 Å². The van der Waals surface area contributed by atoms with Gasteiger partial charge in [-0.3, -0.25) is 0 Å². The van der Waals surface area contributed by atoms with E-state index in [2.05, 4.69) is 9.97 Å². The molecule has 0 aliphatic rings. The lowest BCUT2D eigenvalue weighted by atomic mass is 10.4. The van der Waals surface area contributed by atoms with E-state index in [-0.39, 0.29) is 4.88 Å². The van der Waals surface area contributed by atoms with Crippen molar-refractivity contribution in [3.05, 3.63) is 21.9 Å². The number of hydrogen-bond donors (Lipinski definition) is 1. The quantitative estimate of drug-likeness (QED) is 0.761. The Morgan fingerprint density at radius 1 is 1.57 bits per heavy atom. The highest BCUT2D eigenvalue weighted by atomic mass is 35.5. The molecule has 6 heteroatoms. The van der Waals surface area contributed by atoms with Gasteiger partial charge in [0, 0.05) is 0 Å². The first-order chi connectivity index (χ1) is 6.58. The van der Waals surface area contributed by atoms with Crippen LogP contribution in [0.5, 0.6) is 0 Å². The highest BCUT2D eigenvalue weighted by Gasteiger charge is 2.12. The molecule has 0 unspecified atom stereocenters. The third kappa shape index (κ3) is 1.44. The van der Waals surface area contributed by atoms with E-state index >= 15 is 0 Å². The minimum absolute atomic E-state index is 0.224. The monoisotopic (exact) mass is 228 g/mol. The molecule has 0 aliphatic heterocycles. The highest BCUT2D eigenvalue weighted by molar-refractivity contribution is 7.21. The van der Waals surface area contributed by atoms with Gasteiger partial charge in [-0.2, -0.15) is 0 Å². The van der Waals surface area contributed by atoms with Crippen LogP contribution in [-0.4, -0.2) is 21.0 Å². The van der Waals surface area contributed by atoms with Crippen molar-refractivity contribution >= 4 is 39.1 Å². The highest BCUT2D eigenvalue weighted by Crippen LogP contribution is 2.29. The lowest BCUT2D eigenvalue weighted by molar-refractivity contribution is 0.0702. The molecule has 2 aromatic heterocycles. The van der Waals surface area contributed by atoms with Crippen LogP contribution in [-0.2, 0) is 0 Å². The van der Waals surface area contributed by atoms with Crippen LogP contribution in [0.1, 0.15) is 15.5 Å². The molecule has 0 saturated carbocycles. The molecule has 0 radical (unpaired) electrons. The molecule has 0 spiro atoms. The molecule has 0 amide bonds. The Hall–Kier alpha value is -1.20. The molecular formula is C8H5ClN2O2S. The number of nitrogens with zero attached hydrogens (tertiary/aromatic N) is 2. The molecule has 2 rings (SSSR count). The SMILES string of the molecule is Cc1nc(Cl)c2sc(C(=O)O)cc2n1. The number of carboxylic acid groups (broad SMARTS) is 1. The number of aromatic carboxylic acids is 1. The Kier molecular flexibility index (Phi) is 2.13. The summed E-state index contributed by atoms with van der Waals surface area (Å²) in [5.74, 6) is -0.432. The van der Waals surface area contributed by atoms with Crippen molar-refractivity contribution < 1.29 is 9.90 Å². The number of aryl methyl sites for hydroxylation is 1. The second-order valence-electron chi connectivity index (χ2n) is 2.69. The van der Waals surface area contributed by atoms with Crippen molar-refractivity contribution in [2.45, 2.75) is 6.92 Å². The van der Waals surface area contributed by atoms with Crippen molar-refractivity contribution in [3.8, 4) is 0 Å². The van der Waals surface area contributed by atoms with E-state index in [1.54, 1.807) is 6.92 Å².